The molecule has 136 valence electrons. The van der Waals surface area contributed by atoms with Crippen LogP contribution in [0.2, 0.25) is 0 Å². The Labute approximate surface area is 159 Å². The molecule has 2 heterocycles. The molecule has 2 aliphatic rings. The molecule has 0 amide bonds. The second kappa shape index (κ2) is 6.03. The lowest BCUT2D eigenvalue weighted by Crippen LogP contribution is -2.45. The Hall–Kier alpha value is -2.46. The van der Waals surface area contributed by atoms with E-state index in [2.05, 4.69) is 32.0 Å². The fourth-order valence-corrected chi connectivity index (χ4v) is 4.53. The Morgan fingerprint density at radius 1 is 0.704 bits per heavy atom. The quantitative estimate of drug-likeness (QED) is 0.581. The van der Waals surface area contributed by atoms with Crippen molar-refractivity contribution in [2.45, 2.75) is 31.3 Å². The summed E-state index contributed by atoms with van der Waals surface area (Å²) >= 11 is 0. The van der Waals surface area contributed by atoms with Crippen LogP contribution in [0.1, 0.15) is 42.0 Å². The highest BCUT2D eigenvalue weighted by Gasteiger charge is 2.65. The normalized spacial score (nSPS) is 28.9. The molecule has 0 N–H and O–H groups in total. The molecular formula is C24H22O3. The smallest absolute Gasteiger partial charge is 0.257 e. The lowest BCUT2D eigenvalue weighted by Gasteiger charge is -2.43. The molecule has 5 rings (SSSR count). The third-order valence-electron chi connectivity index (χ3n) is 5.63. The monoisotopic (exact) mass is 358 g/mol. The van der Waals surface area contributed by atoms with Gasteiger partial charge in [-0.2, -0.15) is 9.78 Å². The molecule has 1 fully saturated rings. The highest BCUT2D eigenvalue weighted by atomic mass is 17.3. The Morgan fingerprint density at radius 3 is 1.96 bits per heavy atom. The summed E-state index contributed by atoms with van der Waals surface area (Å²) in [6.07, 6.45) is 0. The second-order valence-corrected chi connectivity index (χ2v) is 7.59. The third kappa shape index (κ3) is 2.26. The van der Waals surface area contributed by atoms with E-state index in [-0.39, 0.29) is 5.92 Å². The van der Waals surface area contributed by atoms with Gasteiger partial charge < -0.3 is 0 Å². The zero-order chi connectivity index (χ0) is 18.5. The predicted octanol–water partition coefficient (Wildman–Crippen LogP) is 5.47. The van der Waals surface area contributed by atoms with Crippen molar-refractivity contribution in [3.05, 3.63) is 107 Å². The van der Waals surface area contributed by atoms with E-state index in [1.807, 2.05) is 66.7 Å². The van der Waals surface area contributed by atoms with Gasteiger partial charge in [0.25, 0.3) is 5.79 Å². The van der Waals surface area contributed by atoms with E-state index in [9.17, 15) is 0 Å². The fraction of sp³-hybridized carbons (Fsp3) is 0.250. The lowest BCUT2D eigenvalue weighted by atomic mass is 9.72. The van der Waals surface area contributed by atoms with Crippen LogP contribution < -0.4 is 0 Å². The number of ether oxygens (including phenoxy) is 1. The molecule has 0 radical (unpaired) electrons. The summed E-state index contributed by atoms with van der Waals surface area (Å²) in [7, 11) is 0. The maximum Gasteiger partial charge on any atom is 0.257 e. The molecule has 3 unspecified atom stereocenters. The van der Waals surface area contributed by atoms with E-state index in [0.29, 0.717) is 5.92 Å². The van der Waals surface area contributed by atoms with Gasteiger partial charge in [-0.05, 0) is 11.5 Å². The molecule has 2 aliphatic heterocycles. The van der Waals surface area contributed by atoms with Gasteiger partial charge in [0.2, 0.25) is 5.79 Å². The zero-order valence-corrected chi connectivity index (χ0v) is 15.5. The van der Waals surface area contributed by atoms with E-state index >= 15 is 0 Å². The van der Waals surface area contributed by atoms with Gasteiger partial charge in [0.1, 0.15) is 0 Å². The van der Waals surface area contributed by atoms with Gasteiger partial charge in [-0.25, -0.2) is 0 Å². The summed E-state index contributed by atoms with van der Waals surface area (Å²) in [4.78, 5) is 12.2. The van der Waals surface area contributed by atoms with Crippen LogP contribution in [0.15, 0.2) is 84.9 Å². The molecule has 0 spiro atoms. The molecule has 3 aromatic rings. The van der Waals surface area contributed by atoms with Crippen molar-refractivity contribution in [3.63, 3.8) is 0 Å². The lowest BCUT2D eigenvalue weighted by molar-refractivity contribution is -0.353. The van der Waals surface area contributed by atoms with Crippen LogP contribution >= 0.6 is 0 Å². The van der Waals surface area contributed by atoms with Crippen LogP contribution in [0.25, 0.3) is 0 Å². The topological polar surface area (TPSA) is 27.7 Å². The minimum Gasteiger partial charge on any atom is -0.300 e. The molecule has 3 heteroatoms. The van der Waals surface area contributed by atoms with Crippen LogP contribution in [0.3, 0.4) is 0 Å². The summed E-state index contributed by atoms with van der Waals surface area (Å²) in [6, 6.07) is 28.5. The zero-order valence-electron chi connectivity index (χ0n) is 15.5. The maximum atomic E-state index is 6.80. The van der Waals surface area contributed by atoms with Crippen molar-refractivity contribution in [2.24, 2.45) is 5.92 Å². The maximum absolute atomic E-state index is 6.80. The first kappa shape index (κ1) is 16.7. The van der Waals surface area contributed by atoms with Gasteiger partial charge in [-0.1, -0.05) is 98.8 Å². The van der Waals surface area contributed by atoms with Gasteiger partial charge in [0, 0.05) is 22.6 Å². The summed E-state index contributed by atoms with van der Waals surface area (Å²) in [5.41, 5.74) is 4.12. The molecule has 3 aromatic carbocycles. The molecule has 2 bridgehead atoms. The van der Waals surface area contributed by atoms with E-state index in [0.717, 1.165) is 16.7 Å². The Bertz CT molecular complexity index is 954. The SMILES string of the molecule is CC(C)C1c2ccccc2C2(c3ccccc3)OOC1(c1ccccc1)O2. The average Bonchev–Trinajstić information content (AvgIpc) is 3.07. The van der Waals surface area contributed by atoms with Gasteiger partial charge in [0.15, 0.2) is 0 Å². The average molecular weight is 358 g/mol. The number of rotatable bonds is 3. The second-order valence-electron chi connectivity index (χ2n) is 7.59. The molecule has 0 aromatic heterocycles. The first-order valence-electron chi connectivity index (χ1n) is 9.45. The Kier molecular flexibility index (Phi) is 3.73. The summed E-state index contributed by atoms with van der Waals surface area (Å²) in [5.74, 6) is -1.75. The fourth-order valence-electron chi connectivity index (χ4n) is 4.53. The van der Waals surface area contributed by atoms with Crippen molar-refractivity contribution in [3.8, 4) is 0 Å². The number of fused-ring (bicyclic) bond motifs is 4. The highest BCUT2D eigenvalue weighted by molar-refractivity contribution is 5.47. The number of hydrogen-bond acceptors (Lipinski definition) is 3. The first-order chi connectivity index (χ1) is 13.2. The molecule has 0 aliphatic carbocycles. The van der Waals surface area contributed by atoms with Crippen LogP contribution in [0.5, 0.6) is 0 Å². The summed E-state index contributed by atoms with van der Waals surface area (Å²) in [6.45, 7) is 4.40. The predicted molar refractivity (Wildman–Crippen MR) is 103 cm³/mol. The third-order valence-corrected chi connectivity index (χ3v) is 5.63. The molecule has 3 atom stereocenters. The minimum absolute atomic E-state index is 0.00966. The molecule has 3 nitrogen and oxygen atoms in total. The Morgan fingerprint density at radius 2 is 1.30 bits per heavy atom. The molecule has 1 saturated heterocycles. The van der Waals surface area contributed by atoms with Gasteiger partial charge in [-0.3, -0.25) is 4.74 Å². The van der Waals surface area contributed by atoms with Gasteiger partial charge in [0.05, 0.1) is 0 Å². The minimum atomic E-state index is -1.07. The van der Waals surface area contributed by atoms with Crippen LogP contribution in [-0.2, 0) is 26.1 Å². The van der Waals surface area contributed by atoms with E-state index in [1.54, 1.807) is 0 Å². The van der Waals surface area contributed by atoms with Crippen molar-refractivity contribution in [2.75, 3.05) is 0 Å². The van der Waals surface area contributed by atoms with Crippen LogP contribution in [0.4, 0.5) is 0 Å². The van der Waals surface area contributed by atoms with Gasteiger partial charge >= 0.3 is 0 Å². The van der Waals surface area contributed by atoms with Crippen molar-refractivity contribution < 1.29 is 14.5 Å². The molecule has 0 saturated carbocycles. The van der Waals surface area contributed by atoms with Crippen molar-refractivity contribution in [1.29, 1.82) is 0 Å². The molecule has 27 heavy (non-hydrogen) atoms. The highest BCUT2D eigenvalue weighted by Crippen LogP contribution is 2.62. The largest absolute Gasteiger partial charge is 0.300 e. The summed E-state index contributed by atoms with van der Waals surface area (Å²) < 4.78 is 6.80. The van der Waals surface area contributed by atoms with Crippen LogP contribution in [-0.4, -0.2) is 0 Å². The Balaban J connectivity index is 1.81. The van der Waals surface area contributed by atoms with Crippen molar-refractivity contribution in [1.82, 2.24) is 0 Å². The standard InChI is InChI=1S/C24H22O3/c1-17(2)22-20-15-9-10-16-21(20)23(18-11-5-3-6-12-18)25-24(22,27-26-23)19-13-7-4-8-14-19/h3-17,22H,1-2H3. The first-order valence-corrected chi connectivity index (χ1v) is 9.45. The van der Waals surface area contributed by atoms with Gasteiger partial charge in [-0.15, -0.1) is 0 Å². The van der Waals surface area contributed by atoms with E-state index in [4.69, 9.17) is 14.5 Å². The van der Waals surface area contributed by atoms with E-state index in [1.165, 1.54) is 5.56 Å². The van der Waals surface area contributed by atoms with Crippen LogP contribution in [0, 0.1) is 5.92 Å². The van der Waals surface area contributed by atoms with E-state index < -0.39 is 11.6 Å². The number of hydrogen-bond donors (Lipinski definition) is 0. The summed E-state index contributed by atoms with van der Waals surface area (Å²) in [5, 5.41) is 0. The number of benzene rings is 3. The molecular weight excluding hydrogens is 336 g/mol. The van der Waals surface area contributed by atoms with Crippen molar-refractivity contribution >= 4 is 0 Å².